The molecule has 2 rings (SSSR count). The third-order valence-electron chi connectivity index (χ3n) is 4.87. The summed E-state index contributed by atoms with van der Waals surface area (Å²) in [5, 5.41) is 5.44. The van der Waals surface area contributed by atoms with E-state index in [9.17, 15) is 19.2 Å². The number of nitrogens with two attached hydrogens (primary N) is 1. The Morgan fingerprint density at radius 1 is 1.11 bits per heavy atom. The molecule has 27 heavy (non-hydrogen) atoms. The molecule has 7 heteroatoms. The largest absolute Gasteiger partial charge is 0.368 e. The van der Waals surface area contributed by atoms with Crippen molar-refractivity contribution in [3.63, 3.8) is 0 Å². The number of ketones is 1. The van der Waals surface area contributed by atoms with E-state index >= 15 is 0 Å². The lowest BCUT2D eigenvalue weighted by molar-refractivity contribution is -0.131. The van der Waals surface area contributed by atoms with Gasteiger partial charge in [-0.15, -0.1) is 0 Å². The van der Waals surface area contributed by atoms with Crippen molar-refractivity contribution >= 4 is 23.5 Å². The first kappa shape index (κ1) is 20.6. The van der Waals surface area contributed by atoms with Crippen LogP contribution >= 0.6 is 0 Å². The van der Waals surface area contributed by atoms with Crippen LogP contribution in [0.2, 0.25) is 0 Å². The Labute approximate surface area is 159 Å². The van der Waals surface area contributed by atoms with E-state index in [1.54, 1.807) is 0 Å². The van der Waals surface area contributed by atoms with Crippen molar-refractivity contribution in [2.45, 2.75) is 57.5 Å². The summed E-state index contributed by atoms with van der Waals surface area (Å²) in [6.45, 7) is 1.87. The number of carbonyl (C=O) groups is 4. The van der Waals surface area contributed by atoms with Gasteiger partial charge < -0.3 is 16.4 Å². The zero-order chi connectivity index (χ0) is 19.8. The molecule has 0 bridgehead atoms. The first-order valence-corrected chi connectivity index (χ1v) is 9.31. The summed E-state index contributed by atoms with van der Waals surface area (Å²) in [6, 6.07) is 8.50. The van der Waals surface area contributed by atoms with E-state index < -0.39 is 17.9 Å². The van der Waals surface area contributed by atoms with Crippen molar-refractivity contribution in [3.05, 3.63) is 35.9 Å². The number of carbonyl (C=O) groups excluding carboxylic acids is 4. The summed E-state index contributed by atoms with van der Waals surface area (Å²) in [5.74, 6) is -1.49. The standard InChI is InChI=1S/C20H27N3O4/c1-13(14-6-3-2-4-7-14)22-17(25)10-11-18(26)23-19(20(21)27)15-8-5-9-16(24)12-15/h2-4,6-7,13,15,19H,5,8-12H2,1H3,(H2,21,27)(H,22,25)(H,23,26)/t13-,15-,19-/m1/s1. The topological polar surface area (TPSA) is 118 Å². The van der Waals surface area contributed by atoms with Crippen LogP contribution in [0.1, 0.15) is 57.1 Å². The molecule has 0 saturated heterocycles. The van der Waals surface area contributed by atoms with Gasteiger partial charge in [0.05, 0.1) is 6.04 Å². The molecule has 1 fully saturated rings. The molecule has 1 saturated carbocycles. The third kappa shape index (κ3) is 6.51. The monoisotopic (exact) mass is 373 g/mol. The van der Waals surface area contributed by atoms with E-state index in [1.807, 2.05) is 37.3 Å². The number of amides is 3. The molecule has 0 aliphatic heterocycles. The summed E-state index contributed by atoms with van der Waals surface area (Å²) < 4.78 is 0. The second kappa shape index (κ2) is 9.85. The average molecular weight is 373 g/mol. The van der Waals surface area contributed by atoms with Crippen LogP contribution in [0.3, 0.4) is 0 Å². The van der Waals surface area contributed by atoms with E-state index in [2.05, 4.69) is 10.6 Å². The normalized spacial score (nSPS) is 19.0. The number of benzene rings is 1. The first-order chi connectivity index (χ1) is 12.9. The third-order valence-corrected chi connectivity index (χ3v) is 4.87. The van der Waals surface area contributed by atoms with Crippen molar-refractivity contribution in [1.29, 1.82) is 0 Å². The Morgan fingerprint density at radius 2 is 1.74 bits per heavy atom. The predicted molar refractivity (Wildman–Crippen MR) is 100 cm³/mol. The molecule has 1 aromatic rings. The van der Waals surface area contributed by atoms with Crippen LogP contribution in [0.5, 0.6) is 0 Å². The van der Waals surface area contributed by atoms with Gasteiger partial charge in [-0.3, -0.25) is 19.2 Å². The molecular weight excluding hydrogens is 346 g/mol. The van der Waals surface area contributed by atoms with Crippen molar-refractivity contribution < 1.29 is 19.2 Å². The fourth-order valence-corrected chi connectivity index (χ4v) is 3.38. The summed E-state index contributed by atoms with van der Waals surface area (Å²) in [5.41, 5.74) is 6.38. The van der Waals surface area contributed by atoms with Gasteiger partial charge in [0.15, 0.2) is 0 Å². The van der Waals surface area contributed by atoms with E-state index in [1.165, 1.54) is 0 Å². The SMILES string of the molecule is C[C@@H](NC(=O)CCC(=O)N[C@@H](C(N)=O)[C@@H]1CCCC(=O)C1)c1ccccc1. The fraction of sp³-hybridized carbons (Fsp3) is 0.500. The number of primary amides is 1. The summed E-state index contributed by atoms with van der Waals surface area (Å²) in [4.78, 5) is 47.5. The lowest BCUT2D eigenvalue weighted by Crippen LogP contribution is -2.50. The number of Topliss-reactive ketones (excluding diaryl/α,β-unsaturated/α-hetero) is 1. The van der Waals surface area contributed by atoms with Crippen LogP contribution in [-0.4, -0.2) is 29.5 Å². The van der Waals surface area contributed by atoms with E-state index in [-0.39, 0.29) is 42.9 Å². The van der Waals surface area contributed by atoms with Crippen molar-refractivity contribution in [2.75, 3.05) is 0 Å². The molecule has 1 aromatic carbocycles. The Kier molecular flexibility index (Phi) is 7.52. The van der Waals surface area contributed by atoms with Gasteiger partial charge in [-0.1, -0.05) is 30.3 Å². The number of rotatable bonds is 8. The minimum Gasteiger partial charge on any atom is -0.368 e. The number of nitrogens with one attached hydrogen (secondary N) is 2. The zero-order valence-electron chi connectivity index (χ0n) is 15.6. The van der Waals surface area contributed by atoms with Crippen molar-refractivity contribution in [3.8, 4) is 0 Å². The van der Waals surface area contributed by atoms with Crippen LogP contribution in [0.15, 0.2) is 30.3 Å². The molecular formula is C20H27N3O4. The molecule has 0 unspecified atom stereocenters. The molecule has 1 aliphatic rings. The number of hydrogen-bond donors (Lipinski definition) is 3. The highest BCUT2D eigenvalue weighted by atomic mass is 16.2. The van der Waals surface area contributed by atoms with Crippen molar-refractivity contribution in [1.82, 2.24) is 10.6 Å². The van der Waals surface area contributed by atoms with Gasteiger partial charge >= 0.3 is 0 Å². The van der Waals surface area contributed by atoms with E-state index in [0.29, 0.717) is 19.3 Å². The second-order valence-electron chi connectivity index (χ2n) is 7.04. The van der Waals surface area contributed by atoms with Gasteiger partial charge in [-0.05, 0) is 31.2 Å². The maximum atomic E-state index is 12.2. The van der Waals surface area contributed by atoms with Gasteiger partial charge in [0, 0.05) is 25.7 Å². The highest BCUT2D eigenvalue weighted by Crippen LogP contribution is 2.24. The Morgan fingerprint density at radius 3 is 2.33 bits per heavy atom. The predicted octanol–water partition coefficient (Wildman–Crippen LogP) is 1.37. The minimum atomic E-state index is -0.868. The molecule has 4 N–H and O–H groups in total. The molecule has 3 atom stereocenters. The van der Waals surface area contributed by atoms with Crippen LogP contribution in [-0.2, 0) is 19.2 Å². The highest BCUT2D eigenvalue weighted by molar-refractivity contribution is 5.89. The van der Waals surface area contributed by atoms with Gasteiger partial charge in [0.2, 0.25) is 17.7 Å². The van der Waals surface area contributed by atoms with Gasteiger partial charge in [-0.25, -0.2) is 0 Å². The molecule has 0 aromatic heterocycles. The summed E-state index contributed by atoms with van der Waals surface area (Å²) in [7, 11) is 0. The van der Waals surface area contributed by atoms with E-state index in [0.717, 1.165) is 5.56 Å². The molecule has 7 nitrogen and oxygen atoms in total. The van der Waals surface area contributed by atoms with E-state index in [4.69, 9.17) is 5.73 Å². The molecule has 146 valence electrons. The van der Waals surface area contributed by atoms with Crippen LogP contribution in [0.4, 0.5) is 0 Å². The molecule has 0 spiro atoms. The van der Waals surface area contributed by atoms with Crippen molar-refractivity contribution in [2.24, 2.45) is 11.7 Å². The van der Waals surface area contributed by atoms with Crippen LogP contribution in [0, 0.1) is 5.92 Å². The Balaban J connectivity index is 1.80. The summed E-state index contributed by atoms with van der Waals surface area (Å²) in [6.07, 6.45) is 2.10. The van der Waals surface area contributed by atoms with Gasteiger partial charge in [-0.2, -0.15) is 0 Å². The molecule has 1 aliphatic carbocycles. The maximum absolute atomic E-state index is 12.2. The average Bonchev–Trinajstić information content (AvgIpc) is 2.65. The minimum absolute atomic E-state index is 0.0120. The lowest BCUT2D eigenvalue weighted by atomic mass is 9.83. The maximum Gasteiger partial charge on any atom is 0.240 e. The zero-order valence-corrected chi connectivity index (χ0v) is 15.6. The first-order valence-electron chi connectivity index (χ1n) is 9.31. The van der Waals surface area contributed by atoms with Gasteiger partial charge in [0.25, 0.3) is 0 Å². The highest BCUT2D eigenvalue weighted by Gasteiger charge is 2.32. The smallest absolute Gasteiger partial charge is 0.240 e. The quantitative estimate of drug-likeness (QED) is 0.638. The Hall–Kier alpha value is -2.70. The molecule has 0 radical (unpaired) electrons. The lowest BCUT2D eigenvalue weighted by Gasteiger charge is -2.28. The summed E-state index contributed by atoms with van der Waals surface area (Å²) >= 11 is 0. The van der Waals surface area contributed by atoms with Crippen LogP contribution in [0.25, 0.3) is 0 Å². The van der Waals surface area contributed by atoms with Crippen LogP contribution < -0.4 is 16.4 Å². The molecule has 0 heterocycles. The number of hydrogen-bond acceptors (Lipinski definition) is 4. The fourth-order valence-electron chi connectivity index (χ4n) is 3.38. The second-order valence-corrected chi connectivity index (χ2v) is 7.04. The van der Waals surface area contributed by atoms with Gasteiger partial charge in [0.1, 0.15) is 11.8 Å². The molecule has 3 amide bonds. The Bertz CT molecular complexity index is 690.